The Morgan fingerprint density at radius 3 is 2.52 bits per heavy atom. The Hall–Kier alpha value is -2.84. The monoisotopic (exact) mass is 412 g/mol. The first-order chi connectivity index (χ1) is 14.1. The van der Waals surface area contributed by atoms with Crippen molar-refractivity contribution in [2.45, 2.75) is 6.54 Å². The molecule has 1 N–H and O–H groups in total. The summed E-state index contributed by atoms with van der Waals surface area (Å²) in [5, 5.41) is 3.58. The minimum atomic E-state index is -0.596. The smallest absolute Gasteiger partial charge is 0.254 e. The molecular formula is C21H21FN4O2S. The van der Waals surface area contributed by atoms with Crippen molar-refractivity contribution in [2.24, 2.45) is 0 Å². The lowest BCUT2D eigenvalue weighted by Gasteiger charge is -2.34. The molecule has 2 amide bonds. The van der Waals surface area contributed by atoms with Gasteiger partial charge in [-0.25, -0.2) is 9.37 Å². The second-order valence-electron chi connectivity index (χ2n) is 6.89. The Morgan fingerprint density at radius 2 is 1.76 bits per heavy atom. The van der Waals surface area contributed by atoms with Crippen molar-refractivity contribution in [2.75, 3.05) is 32.7 Å². The van der Waals surface area contributed by atoms with Crippen LogP contribution >= 0.6 is 11.3 Å². The molecular weight excluding hydrogens is 391 g/mol. The number of rotatable bonds is 5. The van der Waals surface area contributed by atoms with Gasteiger partial charge in [0.2, 0.25) is 5.91 Å². The molecule has 29 heavy (non-hydrogen) atoms. The normalized spacial score (nSPS) is 14.9. The second kappa shape index (κ2) is 8.67. The summed E-state index contributed by atoms with van der Waals surface area (Å²) in [6.45, 7) is 3.33. The number of aromatic nitrogens is 1. The van der Waals surface area contributed by atoms with Crippen LogP contribution in [0.3, 0.4) is 0 Å². The molecule has 2 aromatic carbocycles. The fourth-order valence-electron chi connectivity index (χ4n) is 3.34. The highest BCUT2D eigenvalue weighted by atomic mass is 32.1. The topological polar surface area (TPSA) is 65.5 Å². The molecule has 1 aromatic heterocycles. The zero-order chi connectivity index (χ0) is 20.2. The van der Waals surface area contributed by atoms with Crippen molar-refractivity contribution < 1.29 is 14.0 Å². The van der Waals surface area contributed by atoms with Crippen LogP contribution in [0.1, 0.15) is 15.4 Å². The van der Waals surface area contributed by atoms with Gasteiger partial charge in [0.25, 0.3) is 5.91 Å². The molecule has 0 atom stereocenters. The van der Waals surface area contributed by atoms with Crippen molar-refractivity contribution in [3.8, 4) is 0 Å². The van der Waals surface area contributed by atoms with Gasteiger partial charge in [-0.1, -0.05) is 24.3 Å². The van der Waals surface area contributed by atoms with Crippen LogP contribution in [-0.2, 0) is 11.3 Å². The Bertz CT molecular complexity index is 997. The summed E-state index contributed by atoms with van der Waals surface area (Å²) in [6, 6.07) is 13.8. The number of amides is 2. The molecule has 0 spiro atoms. The van der Waals surface area contributed by atoms with Crippen LogP contribution in [0.4, 0.5) is 4.39 Å². The van der Waals surface area contributed by atoms with Gasteiger partial charge in [0, 0.05) is 26.2 Å². The largest absolute Gasteiger partial charge is 0.343 e. The van der Waals surface area contributed by atoms with E-state index in [4.69, 9.17) is 0 Å². The number of thiazole rings is 1. The maximum atomic E-state index is 13.6. The fourth-order valence-corrected chi connectivity index (χ4v) is 4.35. The number of benzene rings is 2. The summed E-state index contributed by atoms with van der Waals surface area (Å²) in [6.07, 6.45) is 0. The molecule has 150 valence electrons. The molecule has 0 saturated carbocycles. The lowest BCUT2D eigenvalue weighted by Crippen LogP contribution is -2.50. The average molecular weight is 412 g/mol. The minimum Gasteiger partial charge on any atom is -0.343 e. The van der Waals surface area contributed by atoms with Crippen molar-refractivity contribution in [1.29, 1.82) is 0 Å². The predicted molar refractivity (Wildman–Crippen MR) is 110 cm³/mol. The van der Waals surface area contributed by atoms with Gasteiger partial charge in [-0.15, -0.1) is 11.3 Å². The zero-order valence-electron chi connectivity index (χ0n) is 15.8. The maximum Gasteiger partial charge on any atom is 0.254 e. The number of hydrogen-bond acceptors (Lipinski definition) is 5. The number of halogens is 1. The van der Waals surface area contributed by atoms with E-state index < -0.39 is 11.7 Å². The van der Waals surface area contributed by atoms with Gasteiger partial charge in [0.05, 0.1) is 28.9 Å². The first kappa shape index (κ1) is 19.5. The lowest BCUT2D eigenvalue weighted by atomic mass is 10.2. The Morgan fingerprint density at radius 1 is 1.03 bits per heavy atom. The highest BCUT2D eigenvalue weighted by molar-refractivity contribution is 7.18. The van der Waals surface area contributed by atoms with Crippen molar-refractivity contribution in [3.05, 3.63) is 64.9 Å². The van der Waals surface area contributed by atoms with Crippen molar-refractivity contribution in [1.82, 2.24) is 20.1 Å². The molecule has 1 saturated heterocycles. The van der Waals surface area contributed by atoms with Gasteiger partial charge in [0.15, 0.2) is 0 Å². The molecule has 1 fully saturated rings. The molecule has 1 aliphatic heterocycles. The SMILES string of the molecule is O=C(NCC(=O)N1CCN(Cc2nc3ccccc3s2)CC1)c1ccccc1F. The highest BCUT2D eigenvalue weighted by Gasteiger charge is 2.22. The van der Waals surface area contributed by atoms with E-state index in [1.54, 1.807) is 22.3 Å². The molecule has 6 nitrogen and oxygen atoms in total. The highest BCUT2D eigenvalue weighted by Crippen LogP contribution is 2.23. The van der Waals surface area contributed by atoms with E-state index in [9.17, 15) is 14.0 Å². The summed E-state index contributed by atoms with van der Waals surface area (Å²) >= 11 is 1.70. The molecule has 1 aliphatic rings. The van der Waals surface area contributed by atoms with Gasteiger partial charge >= 0.3 is 0 Å². The van der Waals surface area contributed by atoms with E-state index in [2.05, 4.69) is 21.3 Å². The Kier molecular flexibility index (Phi) is 5.82. The molecule has 0 aliphatic carbocycles. The summed E-state index contributed by atoms with van der Waals surface area (Å²) in [4.78, 5) is 33.1. The van der Waals surface area contributed by atoms with Gasteiger partial charge in [-0.05, 0) is 24.3 Å². The molecule has 8 heteroatoms. The number of nitrogens with zero attached hydrogens (tertiary/aromatic N) is 3. The molecule has 4 rings (SSSR count). The number of hydrogen-bond donors (Lipinski definition) is 1. The Balaban J connectivity index is 1.25. The lowest BCUT2D eigenvalue weighted by molar-refractivity contribution is -0.131. The standard InChI is InChI=1S/C21H21FN4O2S/c22-16-6-2-1-5-15(16)21(28)23-13-20(27)26-11-9-25(10-12-26)14-19-24-17-7-3-4-8-18(17)29-19/h1-8H,9-14H2,(H,23,28). The van der Waals surface area contributed by atoms with E-state index in [1.807, 2.05) is 18.2 Å². The zero-order valence-corrected chi connectivity index (χ0v) is 16.6. The number of carbonyl (C=O) groups is 2. The van der Waals surface area contributed by atoms with E-state index in [0.29, 0.717) is 13.1 Å². The van der Waals surface area contributed by atoms with Crippen LogP contribution in [0.2, 0.25) is 0 Å². The van der Waals surface area contributed by atoms with Crippen molar-refractivity contribution in [3.63, 3.8) is 0 Å². The first-order valence-electron chi connectivity index (χ1n) is 9.47. The number of fused-ring (bicyclic) bond motifs is 1. The molecule has 3 aromatic rings. The molecule has 0 bridgehead atoms. The average Bonchev–Trinajstić information content (AvgIpc) is 3.15. The van der Waals surface area contributed by atoms with E-state index in [0.717, 1.165) is 30.2 Å². The first-order valence-corrected chi connectivity index (χ1v) is 10.3. The van der Waals surface area contributed by atoms with E-state index in [1.165, 1.54) is 22.9 Å². The van der Waals surface area contributed by atoms with Crippen molar-refractivity contribution >= 4 is 33.4 Å². The van der Waals surface area contributed by atoms with E-state index >= 15 is 0 Å². The summed E-state index contributed by atoms with van der Waals surface area (Å²) in [5.41, 5.74) is 0.966. The number of piperazine rings is 1. The number of nitrogens with one attached hydrogen (secondary N) is 1. The molecule has 2 heterocycles. The maximum absolute atomic E-state index is 13.6. The van der Waals surface area contributed by atoms with Gasteiger partial charge in [0.1, 0.15) is 10.8 Å². The minimum absolute atomic E-state index is 0.0547. The third kappa shape index (κ3) is 4.60. The van der Waals surface area contributed by atoms with E-state index in [-0.39, 0.29) is 18.0 Å². The van der Waals surface area contributed by atoms with Crippen LogP contribution in [0.25, 0.3) is 10.2 Å². The Labute approximate surface area is 172 Å². The van der Waals surface area contributed by atoms with Crippen LogP contribution in [0.5, 0.6) is 0 Å². The third-order valence-electron chi connectivity index (χ3n) is 4.94. The molecule has 0 unspecified atom stereocenters. The summed E-state index contributed by atoms with van der Waals surface area (Å²) < 4.78 is 14.8. The molecule has 0 radical (unpaired) electrons. The van der Waals surface area contributed by atoms with Crippen LogP contribution in [-0.4, -0.2) is 59.3 Å². The van der Waals surface area contributed by atoms with Crippen LogP contribution in [0, 0.1) is 5.82 Å². The van der Waals surface area contributed by atoms with Gasteiger partial charge in [-0.2, -0.15) is 0 Å². The number of para-hydroxylation sites is 1. The summed E-state index contributed by atoms with van der Waals surface area (Å²) in [5.74, 6) is -1.33. The van der Waals surface area contributed by atoms with Crippen LogP contribution in [0.15, 0.2) is 48.5 Å². The van der Waals surface area contributed by atoms with Gasteiger partial charge < -0.3 is 10.2 Å². The predicted octanol–water partition coefficient (Wildman–Crippen LogP) is 2.51. The quantitative estimate of drug-likeness (QED) is 0.699. The third-order valence-corrected chi connectivity index (χ3v) is 5.96. The van der Waals surface area contributed by atoms with Gasteiger partial charge in [-0.3, -0.25) is 14.5 Å². The van der Waals surface area contributed by atoms with Crippen LogP contribution < -0.4 is 5.32 Å². The summed E-state index contributed by atoms with van der Waals surface area (Å²) in [7, 11) is 0. The fraction of sp³-hybridized carbons (Fsp3) is 0.286. The second-order valence-corrected chi connectivity index (χ2v) is 8.01. The number of carbonyl (C=O) groups excluding carboxylic acids is 2.